The lowest BCUT2D eigenvalue weighted by molar-refractivity contribution is -0.133. The summed E-state index contributed by atoms with van der Waals surface area (Å²) in [5.41, 5.74) is 7.44. The number of aliphatic carboxylic acids is 1. The van der Waals surface area contributed by atoms with Crippen molar-refractivity contribution < 1.29 is 14.7 Å². The lowest BCUT2D eigenvalue weighted by atomic mass is 10.2. The SMILES string of the molecule is CCc1cnc(SCC(=O)O)n1-c1ccc(C(N)=O)cc1. The van der Waals surface area contributed by atoms with Crippen molar-refractivity contribution in [2.45, 2.75) is 18.5 Å². The predicted molar refractivity (Wildman–Crippen MR) is 79.8 cm³/mol. The first-order valence-corrected chi connectivity index (χ1v) is 7.33. The Kier molecular flexibility index (Phi) is 4.64. The van der Waals surface area contributed by atoms with Crippen LogP contribution < -0.4 is 5.73 Å². The molecule has 1 aromatic carbocycles. The van der Waals surface area contributed by atoms with Gasteiger partial charge >= 0.3 is 5.97 Å². The molecule has 7 heteroatoms. The predicted octanol–water partition coefficient (Wildman–Crippen LogP) is 1.71. The largest absolute Gasteiger partial charge is 0.481 e. The average Bonchev–Trinajstić information content (AvgIpc) is 2.88. The minimum absolute atomic E-state index is 0.0560. The third-order valence-electron chi connectivity index (χ3n) is 2.90. The molecule has 21 heavy (non-hydrogen) atoms. The van der Waals surface area contributed by atoms with Crippen molar-refractivity contribution in [3.05, 3.63) is 41.7 Å². The van der Waals surface area contributed by atoms with Gasteiger partial charge in [0.25, 0.3) is 0 Å². The first-order chi connectivity index (χ1) is 10.0. The van der Waals surface area contributed by atoms with E-state index in [1.807, 2.05) is 11.5 Å². The quantitative estimate of drug-likeness (QED) is 0.792. The van der Waals surface area contributed by atoms with Gasteiger partial charge in [-0.15, -0.1) is 0 Å². The van der Waals surface area contributed by atoms with E-state index in [2.05, 4.69) is 4.98 Å². The van der Waals surface area contributed by atoms with Crippen molar-refractivity contribution in [2.24, 2.45) is 5.73 Å². The van der Waals surface area contributed by atoms with Crippen LogP contribution in [0.5, 0.6) is 0 Å². The summed E-state index contributed by atoms with van der Waals surface area (Å²) in [4.78, 5) is 26.1. The highest BCUT2D eigenvalue weighted by atomic mass is 32.2. The molecule has 0 aliphatic heterocycles. The van der Waals surface area contributed by atoms with Gasteiger partial charge < -0.3 is 10.8 Å². The molecule has 6 nitrogen and oxygen atoms in total. The molecule has 1 amide bonds. The molecule has 0 atom stereocenters. The van der Waals surface area contributed by atoms with E-state index in [0.29, 0.717) is 10.7 Å². The van der Waals surface area contributed by atoms with Crippen molar-refractivity contribution in [2.75, 3.05) is 5.75 Å². The Morgan fingerprint density at radius 1 is 1.33 bits per heavy atom. The Morgan fingerprint density at radius 2 is 2.00 bits per heavy atom. The molecule has 0 unspecified atom stereocenters. The van der Waals surface area contributed by atoms with Gasteiger partial charge in [-0.25, -0.2) is 4.98 Å². The summed E-state index contributed by atoms with van der Waals surface area (Å²) in [6.07, 6.45) is 2.49. The number of benzene rings is 1. The lowest BCUT2D eigenvalue weighted by Gasteiger charge is -2.10. The molecule has 1 heterocycles. The number of aromatic nitrogens is 2. The van der Waals surface area contributed by atoms with Crippen molar-refractivity contribution in [1.29, 1.82) is 0 Å². The number of nitrogens with two attached hydrogens (primary N) is 1. The minimum Gasteiger partial charge on any atom is -0.481 e. The van der Waals surface area contributed by atoms with Gasteiger partial charge in [-0.3, -0.25) is 14.2 Å². The van der Waals surface area contributed by atoms with E-state index in [1.165, 1.54) is 0 Å². The normalized spacial score (nSPS) is 10.5. The van der Waals surface area contributed by atoms with E-state index >= 15 is 0 Å². The molecule has 0 radical (unpaired) electrons. The Hall–Kier alpha value is -2.28. The minimum atomic E-state index is -0.892. The molecule has 0 bridgehead atoms. The molecule has 0 fully saturated rings. The zero-order valence-electron chi connectivity index (χ0n) is 11.4. The highest BCUT2D eigenvalue weighted by Gasteiger charge is 2.13. The number of carbonyl (C=O) groups excluding carboxylic acids is 1. The van der Waals surface area contributed by atoms with Gasteiger partial charge in [-0.05, 0) is 30.7 Å². The van der Waals surface area contributed by atoms with Crippen LogP contribution >= 0.6 is 11.8 Å². The lowest BCUT2D eigenvalue weighted by Crippen LogP contribution is -2.11. The van der Waals surface area contributed by atoms with Crippen LogP contribution in [0.3, 0.4) is 0 Å². The highest BCUT2D eigenvalue weighted by Crippen LogP contribution is 2.24. The fourth-order valence-electron chi connectivity index (χ4n) is 1.90. The second kappa shape index (κ2) is 6.45. The average molecular weight is 305 g/mol. The topological polar surface area (TPSA) is 98.2 Å². The Morgan fingerprint density at radius 3 is 2.52 bits per heavy atom. The van der Waals surface area contributed by atoms with Crippen LogP contribution in [0.2, 0.25) is 0 Å². The first-order valence-electron chi connectivity index (χ1n) is 6.34. The number of thioether (sulfide) groups is 1. The van der Waals surface area contributed by atoms with Gasteiger partial charge in [-0.2, -0.15) is 0 Å². The monoisotopic (exact) mass is 305 g/mol. The smallest absolute Gasteiger partial charge is 0.313 e. The number of amides is 1. The molecule has 0 aliphatic rings. The summed E-state index contributed by atoms with van der Waals surface area (Å²) in [6.45, 7) is 2.00. The number of primary amides is 1. The zero-order chi connectivity index (χ0) is 15.4. The number of carboxylic acid groups (broad SMARTS) is 1. The second-order valence-electron chi connectivity index (χ2n) is 4.31. The molecule has 0 saturated carbocycles. The number of carboxylic acids is 1. The molecule has 1 aromatic heterocycles. The third kappa shape index (κ3) is 3.43. The van der Waals surface area contributed by atoms with Crippen LogP contribution in [0.4, 0.5) is 0 Å². The number of aryl methyl sites for hydroxylation is 1. The molecule has 0 spiro atoms. The van der Waals surface area contributed by atoms with Crippen LogP contribution in [0.1, 0.15) is 23.0 Å². The summed E-state index contributed by atoms with van der Waals surface area (Å²) in [5, 5.41) is 9.40. The van der Waals surface area contributed by atoms with Gasteiger partial charge in [0.1, 0.15) is 0 Å². The maximum Gasteiger partial charge on any atom is 0.313 e. The number of carbonyl (C=O) groups is 2. The Bertz CT molecular complexity index is 665. The van der Waals surface area contributed by atoms with Crippen molar-refractivity contribution in [3.63, 3.8) is 0 Å². The molecular formula is C14H15N3O3S. The Balaban J connectivity index is 2.38. The van der Waals surface area contributed by atoms with Crippen LogP contribution in [-0.4, -0.2) is 32.3 Å². The van der Waals surface area contributed by atoms with Gasteiger partial charge in [0.05, 0.1) is 5.75 Å². The number of imidazole rings is 1. The summed E-state index contributed by atoms with van der Waals surface area (Å²) in [5.74, 6) is -1.43. The molecule has 110 valence electrons. The fourth-order valence-corrected chi connectivity index (χ4v) is 2.63. The molecular weight excluding hydrogens is 290 g/mol. The van der Waals surface area contributed by atoms with Crippen LogP contribution in [-0.2, 0) is 11.2 Å². The van der Waals surface area contributed by atoms with E-state index in [4.69, 9.17) is 10.8 Å². The highest BCUT2D eigenvalue weighted by molar-refractivity contribution is 7.99. The number of hydrogen-bond donors (Lipinski definition) is 2. The molecule has 2 rings (SSSR count). The molecule has 0 aliphatic carbocycles. The number of hydrogen-bond acceptors (Lipinski definition) is 4. The number of nitrogens with zero attached hydrogens (tertiary/aromatic N) is 2. The van der Waals surface area contributed by atoms with Crippen LogP contribution in [0.15, 0.2) is 35.6 Å². The van der Waals surface area contributed by atoms with E-state index in [1.54, 1.807) is 30.5 Å². The van der Waals surface area contributed by atoms with Crippen molar-refractivity contribution in [1.82, 2.24) is 9.55 Å². The Labute approximate surface area is 126 Å². The summed E-state index contributed by atoms with van der Waals surface area (Å²) in [7, 11) is 0. The third-order valence-corrected chi connectivity index (χ3v) is 3.84. The standard InChI is InChI=1S/C14H15N3O3S/c1-2-10-7-16-14(21-8-12(18)19)17(10)11-5-3-9(4-6-11)13(15)20/h3-7H,2,8H2,1H3,(H2,15,20)(H,18,19). The first kappa shape index (κ1) is 15.1. The maximum absolute atomic E-state index is 11.1. The zero-order valence-corrected chi connectivity index (χ0v) is 12.3. The van der Waals surface area contributed by atoms with E-state index in [0.717, 1.165) is 29.6 Å². The van der Waals surface area contributed by atoms with E-state index in [9.17, 15) is 9.59 Å². The van der Waals surface area contributed by atoms with E-state index in [-0.39, 0.29) is 5.75 Å². The summed E-state index contributed by atoms with van der Waals surface area (Å²) < 4.78 is 1.89. The van der Waals surface area contributed by atoms with Crippen molar-refractivity contribution in [3.8, 4) is 5.69 Å². The van der Waals surface area contributed by atoms with Crippen LogP contribution in [0.25, 0.3) is 5.69 Å². The van der Waals surface area contributed by atoms with Crippen molar-refractivity contribution >= 4 is 23.6 Å². The van der Waals surface area contributed by atoms with Gasteiger partial charge in [0, 0.05) is 23.1 Å². The van der Waals surface area contributed by atoms with Gasteiger partial charge in [0.15, 0.2) is 5.16 Å². The maximum atomic E-state index is 11.1. The van der Waals surface area contributed by atoms with Crippen LogP contribution in [0, 0.1) is 0 Å². The summed E-state index contributed by atoms with van der Waals surface area (Å²) >= 11 is 1.16. The molecule has 0 saturated heterocycles. The second-order valence-corrected chi connectivity index (χ2v) is 5.26. The summed E-state index contributed by atoms with van der Waals surface area (Å²) in [6, 6.07) is 6.82. The van der Waals surface area contributed by atoms with Gasteiger partial charge in [0.2, 0.25) is 5.91 Å². The molecule has 2 aromatic rings. The molecule has 3 N–H and O–H groups in total. The fraction of sp³-hybridized carbons (Fsp3) is 0.214. The number of rotatable bonds is 6. The van der Waals surface area contributed by atoms with Gasteiger partial charge in [-0.1, -0.05) is 18.7 Å². The van der Waals surface area contributed by atoms with E-state index < -0.39 is 11.9 Å².